The highest BCUT2D eigenvalue weighted by molar-refractivity contribution is 5.76. The smallest absolute Gasteiger partial charge is 0.310 e. The van der Waals surface area contributed by atoms with Crippen LogP contribution in [0.5, 0.6) is 0 Å². The highest BCUT2D eigenvalue weighted by Crippen LogP contribution is 2.78. The van der Waals surface area contributed by atoms with E-state index in [2.05, 4.69) is 48.5 Å². The molecule has 0 aromatic heterocycles. The number of carbonyl (C=O) groups is 1. The predicted molar refractivity (Wildman–Crippen MR) is 136 cm³/mol. The van der Waals surface area contributed by atoms with Gasteiger partial charge in [0.15, 0.2) is 0 Å². The minimum Gasteiger partial charge on any atom is -0.481 e. The summed E-state index contributed by atoms with van der Waals surface area (Å²) in [5.74, 6) is -0.631. The first-order valence-corrected chi connectivity index (χ1v) is 14.2. The molecule has 5 fully saturated rings. The molecule has 0 aromatic rings. The van der Waals surface area contributed by atoms with Gasteiger partial charge in [0.2, 0.25) is 0 Å². The molecular formula is C30H50O5. The van der Waals surface area contributed by atoms with Crippen molar-refractivity contribution in [2.24, 2.45) is 50.2 Å². The highest BCUT2D eigenvalue weighted by Gasteiger charge is 2.78. The van der Waals surface area contributed by atoms with E-state index in [0.717, 1.165) is 32.1 Å². The largest absolute Gasteiger partial charge is 0.481 e. The van der Waals surface area contributed by atoms with Gasteiger partial charge in [-0.15, -0.1) is 0 Å². The maximum atomic E-state index is 12.8. The van der Waals surface area contributed by atoms with E-state index < -0.39 is 34.4 Å². The first kappa shape index (κ1) is 26.0. The van der Waals surface area contributed by atoms with Crippen molar-refractivity contribution in [3.05, 3.63) is 0 Å². The van der Waals surface area contributed by atoms with Gasteiger partial charge in [-0.05, 0) is 97.7 Å². The van der Waals surface area contributed by atoms with Crippen molar-refractivity contribution in [2.75, 3.05) is 0 Å². The molecule has 5 aliphatic rings. The molecule has 0 spiro atoms. The van der Waals surface area contributed by atoms with E-state index in [0.29, 0.717) is 38.0 Å². The molecular weight excluding hydrogens is 440 g/mol. The molecule has 5 rings (SSSR count). The minimum atomic E-state index is -1.42. The van der Waals surface area contributed by atoms with Crippen molar-refractivity contribution >= 4 is 5.97 Å². The number of aliphatic hydroxyl groups is 3. The van der Waals surface area contributed by atoms with Crippen molar-refractivity contribution < 1.29 is 25.2 Å². The summed E-state index contributed by atoms with van der Waals surface area (Å²) < 4.78 is 0. The predicted octanol–water partition coefficient (Wildman–Crippen LogP) is 5.40. The van der Waals surface area contributed by atoms with E-state index in [1.165, 1.54) is 0 Å². The van der Waals surface area contributed by atoms with Crippen LogP contribution in [-0.4, -0.2) is 44.2 Å². The topological polar surface area (TPSA) is 98.0 Å². The molecule has 0 unspecified atom stereocenters. The first-order chi connectivity index (χ1) is 15.9. The molecule has 0 radical (unpaired) electrons. The van der Waals surface area contributed by atoms with E-state index in [1.807, 2.05) is 0 Å². The zero-order valence-corrected chi connectivity index (χ0v) is 23.2. The van der Waals surface area contributed by atoms with E-state index >= 15 is 0 Å². The number of carboxylic acids is 1. The summed E-state index contributed by atoms with van der Waals surface area (Å²) in [7, 11) is 0. The fourth-order valence-electron chi connectivity index (χ4n) is 11.4. The highest BCUT2D eigenvalue weighted by atomic mass is 16.4. The molecule has 10 atom stereocenters. The van der Waals surface area contributed by atoms with Crippen LogP contribution in [0.2, 0.25) is 0 Å². The number of aliphatic hydroxyl groups excluding tert-OH is 2. The molecule has 5 heteroatoms. The molecule has 0 aliphatic heterocycles. The molecule has 35 heavy (non-hydrogen) atoms. The van der Waals surface area contributed by atoms with E-state index in [-0.39, 0.29) is 33.7 Å². The lowest BCUT2D eigenvalue weighted by Crippen LogP contribution is -2.78. The quantitative estimate of drug-likeness (QED) is 0.395. The second kappa shape index (κ2) is 7.26. The molecule has 5 nitrogen and oxygen atoms in total. The summed E-state index contributed by atoms with van der Waals surface area (Å²) in [5.41, 5.74) is -3.38. The van der Waals surface area contributed by atoms with Crippen LogP contribution in [0.3, 0.4) is 0 Å². The number of aliphatic carboxylic acids is 1. The van der Waals surface area contributed by atoms with Crippen LogP contribution in [0.25, 0.3) is 0 Å². The Hall–Kier alpha value is -0.650. The van der Waals surface area contributed by atoms with Crippen molar-refractivity contribution in [2.45, 2.75) is 130 Å². The maximum Gasteiger partial charge on any atom is 0.310 e. The van der Waals surface area contributed by atoms with Crippen LogP contribution < -0.4 is 0 Å². The molecule has 4 N–H and O–H groups in total. The lowest BCUT2D eigenvalue weighted by Gasteiger charge is -2.76. The molecule has 5 saturated carbocycles. The fourth-order valence-corrected chi connectivity index (χ4v) is 11.4. The molecule has 0 saturated heterocycles. The lowest BCUT2D eigenvalue weighted by atomic mass is 9.29. The Morgan fingerprint density at radius 3 is 2.00 bits per heavy atom. The summed E-state index contributed by atoms with van der Waals surface area (Å²) in [4.78, 5) is 12.8. The van der Waals surface area contributed by atoms with Gasteiger partial charge in [0.1, 0.15) is 5.60 Å². The van der Waals surface area contributed by atoms with E-state index in [1.54, 1.807) is 0 Å². The third-order valence-corrected chi connectivity index (χ3v) is 13.8. The molecule has 0 heterocycles. The molecule has 200 valence electrons. The molecule has 0 bridgehead atoms. The van der Waals surface area contributed by atoms with Crippen molar-refractivity contribution in [1.29, 1.82) is 0 Å². The fraction of sp³-hybridized carbons (Fsp3) is 0.967. The summed E-state index contributed by atoms with van der Waals surface area (Å²) in [5, 5.41) is 46.2. The van der Waals surface area contributed by atoms with Crippen molar-refractivity contribution in [3.63, 3.8) is 0 Å². The molecule has 0 aromatic carbocycles. The third-order valence-electron chi connectivity index (χ3n) is 13.8. The Kier molecular flexibility index (Phi) is 5.39. The SMILES string of the molecule is CC1(C)CC[C@]2(C(=O)O)CC[C@]3(C)[C@@](O)([C@@H]2C1)[C@@H](O)C[C@@H]1[C@@]2(C)CC[C@H](O)C(C)(C)[C@@H]2CC[C@]13C. The first-order valence-electron chi connectivity index (χ1n) is 14.2. The average Bonchev–Trinajstić information content (AvgIpc) is 2.75. The molecule has 0 amide bonds. The maximum absolute atomic E-state index is 12.8. The molecule has 5 aliphatic carbocycles. The van der Waals surface area contributed by atoms with Gasteiger partial charge in [-0.2, -0.15) is 0 Å². The van der Waals surface area contributed by atoms with Gasteiger partial charge in [-0.1, -0.05) is 48.5 Å². The second-order valence-electron chi connectivity index (χ2n) is 15.7. The second-order valence-corrected chi connectivity index (χ2v) is 15.7. The van der Waals surface area contributed by atoms with E-state index in [9.17, 15) is 25.2 Å². The van der Waals surface area contributed by atoms with Crippen LogP contribution in [0.15, 0.2) is 0 Å². The number of fused-ring (bicyclic) bond motifs is 7. The van der Waals surface area contributed by atoms with Crippen LogP contribution >= 0.6 is 0 Å². The van der Waals surface area contributed by atoms with Gasteiger partial charge < -0.3 is 20.4 Å². The van der Waals surface area contributed by atoms with Crippen LogP contribution in [0.4, 0.5) is 0 Å². The number of hydrogen-bond acceptors (Lipinski definition) is 4. The van der Waals surface area contributed by atoms with Gasteiger partial charge in [0.25, 0.3) is 0 Å². The lowest BCUT2D eigenvalue weighted by molar-refractivity contribution is -0.343. The monoisotopic (exact) mass is 490 g/mol. The number of carboxylic acid groups (broad SMARTS) is 1. The Morgan fingerprint density at radius 2 is 1.37 bits per heavy atom. The van der Waals surface area contributed by atoms with Gasteiger partial charge in [0.05, 0.1) is 17.6 Å². The van der Waals surface area contributed by atoms with Gasteiger partial charge in [-0.25, -0.2) is 0 Å². The van der Waals surface area contributed by atoms with Crippen molar-refractivity contribution in [3.8, 4) is 0 Å². The zero-order chi connectivity index (χ0) is 26.0. The van der Waals surface area contributed by atoms with Gasteiger partial charge in [0, 0.05) is 11.3 Å². The summed E-state index contributed by atoms with van der Waals surface area (Å²) in [6, 6.07) is 0. The summed E-state index contributed by atoms with van der Waals surface area (Å²) >= 11 is 0. The number of hydrogen-bond donors (Lipinski definition) is 4. The summed E-state index contributed by atoms with van der Waals surface area (Å²) in [6.07, 6.45) is 6.26. The Labute approximate surface area is 212 Å². The zero-order valence-electron chi connectivity index (χ0n) is 23.2. The third kappa shape index (κ3) is 2.90. The average molecular weight is 491 g/mol. The van der Waals surface area contributed by atoms with Crippen LogP contribution in [-0.2, 0) is 4.79 Å². The van der Waals surface area contributed by atoms with Gasteiger partial charge in [-0.3, -0.25) is 4.79 Å². The van der Waals surface area contributed by atoms with E-state index in [4.69, 9.17) is 0 Å². The van der Waals surface area contributed by atoms with Crippen molar-refractivity contribution in [1.82, 2.24) is 0 Å². The normalized spacial score (nSPS) is 56.7. The number of rotatable bonds is 1. The summed E-state index contributed by atoms with van der Waals surface area (Å²) in [6.45, 7) is 15.8. The Bertz CT molecular complexity index is 912. The Morgan fingerprint density at radius 1 is 0.743 bits per heavy atom. The van der Waals surface area contributed by atoms with Gasteiger partial charge >= 0.3 is 5.97 Å². The standard InChI is InChI=1S/C30H50O5/c1-24(2)12-14-29(23(33)34)15-13-28(7)27(6)11-8-18-25(3,4)21(31)9-10-26(18,5)19(27)16-22(32)30(28,35)20(29)17-24/h18-22,31-32,35H,8-17H2,1-7H3,(H,33,34)/t18-,19+,20+,21-,22-,26-,27+,28-,29-,30+/m0/s1. The van der Waals surface area contributed by atoms with Crippen LogP contribution in [0, 0.1) is 50.2 Å². The minimum absolute atomic E-state index is 0.0196. The van der Waals surface area contributed by atoms with Crippen LogP contribution in [0.1, 0.15) is 113 Å². The Balaban J connectivity index is 1.63.